The van der Waals surface area contributed by atoms with Gasteiger partial charge in [-0.1, -0.05) is 153 Å². The molecule has 3 nitrogen and oxygen atoms in total. The number of rotatable bonds is 34. The number of unbranched alkanes of at least 4 members (excludes halogenated alkanes) is 18. The zero-order valence-corrected chi connectivity index (χ0v) is 32.1. The summed E-state index contributed by atoms with van der Waals surface area (Å²) in [5.41, 5.74) is 0. The minimum atomic E-state index is 0.247. The highest BCUT2D eigenvalue weighted by Gasteiger charge is 2.34. The van der Waals surface area contributed by atoms with Crippen LogP contribution in [0.2, 0.25) is 0 Å². The first kappa shape index (κ1) is 43.9. The van der Waals surface area contributed by atoms with E-state index in [0.717, 1.165) is 45.7 Å². The van der Waals surface area contributed by atoms with Crippen LogP contribution in [0.25, 0.3) is 0 Å². The topological polar surface area (TPSA) is 21.7 Å². The van der Waals surface area contributed by atoms with Crippen molar-refractivity contribution >= 4 is 0 Å². The molecule has 1 fully saturated rings. The number of hydrogen-bond donors (Lipinski definition) is 0. The molecular formula is C44H81NO2. The molecule has 47 heavy (non-hydrogen) atoms. The van der Waals surface area contributed by atoms with Gasteiger partial charge in [0.25, 0.3) is 0 Å². The fourth-order valence-electron chi connectivity index (χ4n) is 6.45. The van der Waals surface area contributed by atoms with Crippen molar-refractivity contribution in [3.63, 3.8) is 0 Å². The van der Waals surface area contributed by atoms with Crippen molar-refractivity contribution in [3.05, 3.63) is 48.6 Å². The Bertz CT molecular complexity index is 696. The molecule has 1 heterocycles. The van der Waals surface area contributed by atoms with E-state index in [-0.39, 0.29) is 12.2 Å². The number of hydrogen-bond acceptors (Lipinski definition) is 3. The van der Waals surface area contributed by atoms with E-state index in [1.54, 1.807) is 0 Å². The minimum Gasteiger partial charge on any atom is -0.374 e. The molecule has 0 spiro atoms. The molecule has 0 bridgehead atoms. The standard InChI is InChI=1S/C44H81NO2/c1-5-7-9-11-13-15-17-19-21-23-25-27-29-31-33-35-37-46-43-40-45(39-42(3)4)41-44(43)47-38-36-34-32-30-28-26-24-22-20-18-16-14-12-10-8-6-2/h13-16,19-22,42-44H,5-12,17-18,23-41H2,1-4H3/b15-13-,16-14-,21-19-,22-20-/t43-,44-/m1/s1. The van der Waals surface area contributed by atoms with Crippen LogP contribution in [0.15, 0.2) is 48.6 Å². The van der Waals surface area contributed by atoms with Crippen LogP contribution < -0.4 is 0 Å². The summed E-state index contributed by atoms with van der Waals surface area (Å²) < 4.78 is 12.9. The lowest BCUT2D eigenvalue weighted by Crippen LogP contribution is -2.30. The quantitative estimate of drug-likeness (QED) is 0.0508. The molecule has 2 atom stereocenters. The Labute approximate surface area is 295 Å². The smallest absolute Gasteiger partial charge is 0.0975 e. The lowest BCUT2D eigenvalue weighted by Gasteiger charge is -2.20. The molecule has 0 aromatic carbocycles. The largest absolute Gasteiger partial charge is 0.374 e. The maximum Gasteiger partial charge on any atom is 0.0975 e. The molecule has 3 heteroatoms. The number of likely N-dealkylation sites (tertiary alicyclic amines) is 1. The van der Waals surface area contributed by atoms with Gasteiger partial charge in [0.15, 0.2) is 0 Å². The van der Waals surface area contributed by atoms with E-state index >= 15 is 0 Å². The van der Waals surface area contributed by atoms with Gasteiger partial charge in [0.2, 0.25) is 0 Å². The van der Waals surface area contributed by atoms with Gasteiger partial charge in [0.1, 0.15) is 0 Å². The number of allylic oxidation sites excluding steroid dienone is 8. The lowest BCUT2D eigenvalue weighted by molar-refractivity contribution is -0.0481. The number of nitrogens with zero attached hydrogens (tertiary/aromatic N) is 1. The summed E-state index contributed by atoms with van der Waals surface area (Å²) in [6.07, 6.45) is 50.2. The third-order valence-corrected chi connectivity index (χ3v) is 9.27. The van der Waals surface area contributed by atoms with Crippen LogP contribution >= 0.6 is 0 Å². The van der Waals surface area contributed by atoms with Gasteiger partial charge in [0, 0.05) is 32.8 Å². The Morgan fingerprint density at radius 3 is 1.17 bits per heavy atom. The fraction of sp³-hybridized carbons (Fsp3) is 0.818. The Morgan fingerprint density at radius 1 is 0.468 bits per heavy atom. The van der Waals surface area contributed by atoms with E-state index in [1.165, 1.54) is 141 Å². The molecule has 0 saturated carbocycles. The summed E-state index contributed by atoms with van der Waals surface area (Å²) in [4.78, 5) is 2.57. The molecule has 0 aromatic rings. The molecule has 0 amide bonds. The zero-order valence-electron chi connectivity index (χ0n) is 32.1. The number of ether oxygens (including phenoxy) is 2. The molecule has 274 valence electrons. The van der Waals surface area contributed by atoms with Crippen molar-refractivity contribution in [2.45, 2.75) is 194 Å². The van der Waals surface area contributed by atoms with Crippen molar-refractivity contribution in [2.24, 2.45) is 5.92 Å². The van der Waals surface area contributed by atoms with Gasteiger partial charge < -0.3 is 9.47 Å². The highest BCUT2D eigenvalue weighted by molar-refractivity contribution is 4.93. The van der Waals surface area contributed by atoms with Crippen LogP contribution in [-0.4, -0.2) is 50.0 Å². The Hall–Kier alpha value is -1.16. The van der Waals surface area contributed by atoms with Crippen LogP contribution in [0.5, 0.6) is 0 Å². The summed E-state index contributed by atoms with van der Waals surface area (Å²) in [6.45, 7) is 14.2. The van der Waals surface area contributed by atoms with Crippen LogP contribution in [0.1, 0.15) is 182 Å². The van der Waals surface area contributed by atoms with Gasteiger partial charge >= 0.3 is 0 Å². The monoisotopic (exact) mass is 656 g/mol. The molecule has 1 saturated heterocycles. The molecule has 1 rings (SSSR count). The second-order valence-electron chi connectivity index (χ2n) is 14.6. The Balaban J connectivity index is 2.04. The zero-order chi connectivity index (χ0) is 33.9. The molecule has 1 aliphatic heterocycles. The Morgan fingerprint density at radius 2 is 0.809 bits per heavy atom. The van der Waals surface area contributed by atoms with Gasteiger partial charge in [-0.05, 0) is 83.0 Å². The molecule has 0 aliphatic carbocycles. The minimum absolute atomic E-state index is 0.247. The first-order chi connectivity index (χ1) is 23.2. The fourth-order valence-corrected chi connectivity index (χ4v) is 6.45. The second kappa shape index (κ2) is 34.7. The normalized spacial score (nSPS) is 17.7. The van der Waals surface area contributed by atoms with Crippen molar-refractivity contribution < 1.29 is 9.47 Å². The highest BCUT2D eigenvalue weighted by Crippen LogP contribution is 2.20. The maximum atomic E-state index is 6.44. The van der Waals surface area contributed by atoms with E-state index in [0.29, 0.717) is 5.92 Å². The van der Waals surface area contributed by atoms with Crippen molar-refractivity contribution in [3.8, 4) is 0 Å². The summed E-state index contributed by atoms with van der Waals surface area (Å²) in [7, 11) is 0. The summed E-state index contributed by atoms with van der Waals surface area (Å²) in [5, 5.41) is 0. The van der Waals surface area contributed by atoms with Gasteiger partial charge in [-0.15, -0.1) is 0 Å². The summed E-state index contributed by atoms with van der Waals surface area (Å²) in [5.74, 6) is 0.690. The second-order valence-corrected chi connectivity index (χ2v) is 14.6. The predicted octanol–water partition coefficient (Wildman–Crippen LogP) is 13.4. The van der Waals surface area contributed by atoms with Crippen molar-refractivity contribution in [1.29, 1.82) is 0 Å². The summed E-state index contributed by atoms with van der Waals surface area (Å²) in [6, 6.07) is 0. The van der Waals surface area contributed by atoms with Crippen molar-refractivity contribution in [1.82, 2.24) is 4.90 Å². The SMILES string of the molecule is CCCCC/C=C\C/C=C\CCCCCCCCO[C@@H]1CN(CC(C)C)C[C@H]1OCCCCCCCC/C=C\C/C=C\CCCCC. The molecule has 0 radical (unpaired) electrons. The van der Waals surface area contributed by atoms with E-state index in [9.17, 15) is 0 Å². The van der Waals surface area contributed by atoms with Gasteiger partial charge in [-0.2, -0.15) is 0 Å². The van der Waals surface area contributed by atoms with E-state index in [1.807, 2.05) is 0 Å². The molecular weight excluding hydrogens is 574 g/mol. The van der Waals surface area contributed by atoms with Gasteiger partial charge in [0.05, 0.1) is 12.2 Å². The third kappa shape index (κ3) is 29.5. The Kier molecular flexibility index (Phi) is 32.4. The molecule has 0 aromatic heterocycles. The first-order valence-corrected chi connectivity index (χ1v) is 20.7. The van der Waals surface area contributed by atoms with E-state index < -0.39 is 0 Å². The van der Waals surface area contributed by atoms with Crippen LogP contribution in [0.3, 0.4) is 0 Å². The van der Waals surface area contributed by atoms with Crippen LogP contribution in [0, 0.1) is 5.92 Å². The average molecular weight is 656 g/mol. The molecule has 0 unspecified atom stereocenters. The molecule has 0 N–H and O–H groups in total. The summed E-state index contributed by atoms with van der Waals surface area (Å²) >= 11 is 0. The first-order valence-electron chi connectivity index (χ1n) is 20.7. The van der Waals surface area contributed by atoms with Gasteiger partial charge in [-0.3, -0.25) is 4.90 Å². The maximum absolute atomic E-state index is 6.44. The van der Waals surface area contributed by atoms with Crippen LogP contribution in [0.4, 0.5) is 0 Å². The van der Waals surface area contributed by atoms with Crippen LogP contribution in [-0.2, 0) is 9.47 Å². The molecule has 1 aliphatic rings. The third-order valence-electron chi connectivity index (χ3n) is 9.27. The predicted molar refractivity (Wildman–Crippen MR) is 209 cm³/mol. The van der Waals surface area contributed by atoms with Crippen molar-refractivity contribution in [2.75, 3.05) is 32.8 Å². The van der Waals surface area contributed by atoms with E-state index in [2.05, 4.69) is 81.2 Å². The average Bonchev–Trinajstić information content (AvgIpc) is 3.44. The van der Waals surface area contributed by atoms with E-state index in [4.69, 9.17) is 9.47 Å². The lowest BCUT2D eigenvalue weighted by atomic mass is 10.1. The van der Waals surface area contributed by atoms with Gasteiger partial charge in [-0.25, -0.2) is 0 Å². The highest BCUT2D eigenvalue weighted by atomic mass is 16.5.